The molecule has 0 saturated heterocycles. The molecule has 0 radical (unpaired) electrons. The van der Waals surface area contributed by atoms with Gasteiger partial charge in [0.2, 0.25) is 6.79 Å². The first-order valence-electron chi connectivity index (χ1n) is 13.4. The number of carbonyl (C=O) groups excluding carboxylic acids is 2. The molecule has 5 aromatic carbocycles. The molecule has 0 spiro atoms. The van der Waals surface area contributed by atoms with Gasteiger partial charge in [-0.3, -0.25) is 4.79 Å². The number of fused-ring (bicyclic) bond motifs is 6. The fourth-order valence-electron chi connectivity index (χ4n) is 4.79. The van der Waals surface area contributed by atoms with E-state index < -0.39 is 5.97 Å². The van der Waals surface area contributed by atoms with Gasteiger partial charge >= 0.3 is 5.97 Å². The zero-order valence-electron chi connectivity index (χ0n) is 24.4. The first-order chi connectivity index (χ1) is 19.0. The SMILES string of the molecule is C.C.C.C=CC(=O)OCOc1ccc(C(C)=O)cc1.Cc1cc2c3cc(C)c(C)cc3c3cc(C)c(C)cc3c2cc1C. The van der Waals surface area contributed by atoms with Gasteiger partial charge in [0, 0.05) is 11.6 Å². The molecule has 4 nitrogen and oxygen atoms in total. The summed E-state index contributed by atoms with van der Waals surface area (Å²) < 4.78 is 9.74. The Morgan fingerprint density at radius 3 is 1.16 bits per heavy atom. The Hall–Kier alpha value is -4.44. The molecule has 4 heteroatoms. The number of hydrogen-bond acceptors (Lipinski definition) is 4. The Bertz CT molecular complexity index is 1510. The molecule has 0 saturated carbocycles. The zero-order valence-corrected chi connectivity index (χ0v) is 24.4. The zero-order chi connectivity index (χ0) is 29.1. The molecule has 5 rings (SSSR count). The maximum absolute atomic E-state index is 11.0. The monoisotopic (exact) mass is 580 g/mol. The predicted molar refractivity (Wildman–Crippen MR) is 186 cm³/mol. The van der Waals surface area contributed by atoms with Gasteiger partial charge in [0.15, 0.2) is 5.78 Å². The van der Waals surface area contributed by atoms with Crippen LogP contribution in [0.2, 0.25) is 0 Å². The van der Waals surface area contributed by atoms with Crippen molar-refractivity contribution in [3.05, 3.63) is 112 Å². The average molecular weight is 581 g/mol. The highest BCUT2D eigenvalue weighted by Crippen LogP contribution is 2.38. The number of esters is 1. The highest BCUT2D eigenvalue weighted by Gasteiger charge is 2.12. The molecule has 0 unspecified atom stereocenters. The topological polar surface area (TPSA) is 52.6 Å². The van der Waals surface area contributed by atoms with Gasteiger partial charge in [-0.1, -0.05) is 65.3 Å². The van der Waals surface area contributed by atoms with E-state index in [-0.39, 0.29) is 34.9 Å². The smallest absolute Gasteiger partial charge is 0.333 e. The maximum atomic E-state index is 11.0. The first kappa shape index (κ1) is 36.6. The second-order valence-electron chi connectivity index (χ2n) is 10.5. The quantitative estimate of drug-likeness (QED) is 0.0682. The van der Waals surface area contributed by atoms with E-state index in [0.717, 1.165) is 6.08 Å². The standard InChI is InChI=1S/C24H24.C12H12O4.3CH4/c1-13-7-19-20(8-14(13)2)22-10-16(4)18(6)12-24(22)23-11-17(5)15(3)9-21(19)23;1-3-12(14)16-8-15-11-6-4-10(5-7-11)9(2)13;;;/h7-12H,1-6H3;3-7H,1,8H2,2H3;3*1H4. The van der Waals surface area contributed by atoms with Crippen LogP contribution in [0.4, 0.5) is 0 Å². The number of aryl methyl sites for hydroxylation is 6. The van der Waals surface area contributed by atoms with Crippen LogP contribution < -0.4 is 4.74 Å². The number of rotatable bonds is 5. The van der Waals surface area contributed by atoms with Crippen molar-refractivity contribution in [3.8, 4) is 5.75 Å². The van der Waals surface area contributed by atoms with E-state index >= 15 is 0 Å². The number of carbonyl (C=O) groups is 2. The van der Waals surface area contributed by atoms with E-state index in [2.05, 4.69) is 89.3 Å². The normalized spacial score (nSPS) is 10.0. The Balaban J connectivity index is 0.000000433. The first-order valence-corrected chi connectivity index (χ1v) is 13.4. The molecule has 0 N–H and O–H groups in total. The second kappa shape index (κ2) is 15.2. The van der Waals surface area contributed by atoms with Gasteiger partial charge in [-0.15, -0.1) is 0 Å². The van der Waals surface area contributed by atoms with Gasteiger partial charge < -0.3 is 9.47 Å². The summed E-state index contributed by atoms with van der Waals surface area (Å²) in [5.41, 5.74) is 8.80. The van der Waals surface area contributed by atoms with Gasteiger partial charge in [0.1, 0.15) is 5.75 Å². The molecule has 228 valence electrons. The molecule has 0 aliphatic heterocycles. The van der Waals surface area contributed by atoms with Crippen molar-refractivity contribution in [2.24, 2.45) is 0 Å². The van der Waals surface area contributed by atoms with Crippen LogP contribution in [0.5, 0.6) is 5.75 Å². The molecule has 0 fully saturated rings. The molecule has 0 amide bonds. The fraction of sp³-hybridized carbons (Fsp3) is 0.282. The summed E-state index contributed by atoms with van der Waals surface area (Å²) in [6.07, 6.45) is 1.06. The average Bonchev–Trinajstić information content (AvgIpc) is 2.92. The van der Waals surface area contributed by atoms with E-state index in [1.807, 2.05) is 0 Å². The molecule has 0 aliphatic carbocycles. The summed E-state index contributed by atoms with van der Waals surface area (Å²) in [7, 11) is 0. The molecule has 0 aliphatic rings. The summed E-state index contributed by atoms with van der Waals surface area (Å²) in [6, 6.07) is 20.8. The van der Waals surface area contributed by atoms with Crippen LogP contribution in [0, 0.1) is 41.5 Å². The summed E-state index contributed by atoms with van der Waals surface area (Å²) in [6.45, 7) is 17.8. The van der Waals surface area contributed by atoms with Crippen LogP contribution in [0.1, 0.15) is 72.9 Å². The van der Waals surface area contributed by atoms with E-state index in [1.165, 1.54) is 72.6 Å². The Morgan fingerprint density at radius 1 is 0.605 bits per heavy atom. The minimum absolute atomic E-state index is 0. The largest absolute Gasteiger partial charge is 0.457 e. The van der Waals surface area contributed by atoms with Crippen LogP contribution in [0.25, 0.3) is 32.3 Å². The molecule has 0 aromatic heterocycles. The second-order valence-corrected chi connectivity index (χ2v) is 10.5. The van der Waals surface area contributed by atoms with Crippen molar-refractivity contribution in [1.29, 1.82) is 0 Å². The van der Waals surface area contributed by atoms with Gasteiger partial charge in [-0.2, -0.15) is 0 Å². The fourth-order valence-corrected chi connectivity index (χ4v) is 4.79. The molecule has 43 heavy (non-hydrogen) atoms. The molecular formula is C39H48O4. The summed E-state index contributed by atoms with van der Waals surface area (Å²) >= 11 is 0. The van der Waals surface area contributed by atoms with Gasteiger partial charge in [0.05, 0.1) is 0 Å². The van der Waals surface area contributed by atoms with Crippen molar-refractivity contribution in [2.75, 3.05) is 6.79 Å². The number of hydrogen-bond donors (Lipinski definition) is 0. The van der Waals surface area contributed by atoms with Crippen molar-refractivity contribution >= 4 is 44.1 Å². The van der Waals surface area contributed by atoms with Crippen LogP contribution >= 0.6 is 0 Å². The summed E-state index contributed by atoms with van der Waals surface area (Å²) in [5.74, 6) is -0.0214. The molecule has 5 aromatic rings. The van der Waals surface area contributed by atoms with Crippen LogP contribution in [0.15, 0.2) is 73.3 Å². The minimum atomic E-state index is -0.541. The van der Waals surface area contributed by atoms with E-state index in [0.29, 0.717) is 11.3 Å². The highest BCUT2D eigenvalue weighted by molar-refractivity contribution is 6.26. The van der Waals surface area contributed by atoms with E-state index in [4.69, 9.17) is 4.74 Å². The lowest BCUT2D eigenvalue weighted by Crippen LogP contribution is -2.07. The van der Waals surface area contributed by atoms with Crippen LogP contribution in [-0.2, 0) is 9.53 Å². The number of ketones is 1. The van der Waals surface area contributed by atoms with Gasteiger partial charge in [-0.05, 0) is 138 Å². The van der Waals surface area contributed by atoms with Crippen molar-refractivity contribution in [2.45, 2.75) is 70.7 Å². The maximum Gasteiger partial charge on any atom is 0.333 e. The third kappa shape index (κ3) is 7.90. The molecule has 0 bridgehead atoms. The van der Waals surface area contributed by atoms with E-state index in [1.54, 1.807) is 24.3 Å². The van der Waals surface area contributed by atoms with Crippen LogP contribution in [0.3, 0.4) is 0 Å². The van der Waals surface area contributed by atoms with E-state index in [9.17, 15) is 9.59 Å². The Kier molecular flexibility index (Phi) is 12.9. The predicted octanol–water partition coefficient (Wildman–Crippen LogP) is 10.9. The minimum Gasteiger partial charge on any atom is -0.457 e. The number of ether oxygens (including phenoxy) is 2. The molecular weight excluding hydrogens is 532 g/mol. The third-order valence-corrected chi connectivity index (χ3v) is 7.63. The van der Waals surface area contributed by atoms with Crippen LogP contribution in [-0.4, -0.2) is 18.5 Å². The Labute approximate surface area is 258 Å². The van der Waals surface area contributed by atoms with Crippen molar-refractivity contribution in [3.63, 3.8) is 0 Å². The lowest BCUT2D eigenvalue weighted by atomic mass is 9.88. The molecule has 0 atom stereocenters. The van der Waals surface area contributed by atoms with Crippen molar-refractivity contribution < 1.29 is 19.1 Å². The number of Topliss-reactive ketones (excluding diaryl/α,β-unsaturated/α-hetero) is 1. The van der Waals surface area contributed by atoms with Gasteiger partial charge in [0.25, 0.3) is 0 Å². The van der Waals surface area contributed by atoms with Crippen molar-refractivity contribution in [1.82, 2.24) is 0 Å². The lowest BCUT2D eigenvalue weighted by Gasteiger charge is -2.16. The van der Waals surface area contributed by atoms with Gasteiger partial charge in [-0.25, -0.2) is 4.79 Å². The summed E-state index contributed by atoms with van der Waals surface area (Å²) in [4.78, 5) is 21.7. The lowest BCUT2D eigenvalue weighted by molar-refractivity contribution is -0.144. The molecule has 0 heterocycles. The third-order valence-electron chi connectivity index (χ3n) is 7.63. The highest BCUT2D eigenvalue weighted by atomic mass is 16.7. The summed E-state index contributed by atoms with van der Waals surface area (Å²) in [5, 5.41) is 8.29. The Morgan fingerprint density at radius 2 is 0.907 bits per heavy atom. The number of benzene rings is 5.